The van der Waals surface area contributed by atoms with Gasteiger partial charge >= 0.3 is 0 Å². The van der Waals surface area contributed by atoms with Crippen LogP contribution in [0.15, 0.2) is 24.3 Å². The molecule has 1 aromatic rings. The highest BCUT2D eigenvalue weighted by atomic mass is 32.1. The molecule has 0 fully saturated rings. The monoisotopic (exact) mass is 192 g/mol. The van der Waals surface area contributed by atoms with Gasteiger partial charge in [0, 0.05) is 5.56 Å². The molecule has 0 bridgehead atoms. The normalized spacial score (nSPS) is 14.5. The van der Waals surface area contributed by atoms with Crippen LogP contribution in [0.5, 0.6) is 0 Å². The molecule has 1 heterocycles. The lowest BCUT2D eigenvalue weighted by Crippen LogP contribution is -2.35. The zero-order valence-electron chi connectivity index (χ0n) is 6.86. The first-order valence-electron chi connectivity index (χ1n) is 3.89. The summed E-state index contributed by atoms with van der Waals surface area (Å²) in [6.45, 7) is 0.504. The van der Waals surface area contributed by atoms with Crippen molar-refractivity contribution in [3.05, 3.63) is 35.4 Å². The number of carbonyl (C=O) groups excluding carboxylic acids is 1. The molecular weight excluding hydrogens is 184 g/mol. The van der Waals surface area contributed by atoms with Crippen molar-refractivity contribution in [3.63, 3.8) is 0 Å². The van der Waals surface area contributed by atoms with E-state index in [4.69, 9.17) is 18.0 Å². The number of hydrogen-bond donors (Lipinski definition) is 1. The topological polar surface area (TPSA) is 46.3 Å². The summed E-state index contributed by atoms with van der Waals surface area (Å²) in [5, 5.41) is 0.140. The number of carbonyl (C=O) groups is 1. The minimum absolute atomic E-state index is 0.0944. The minimum Gasteiger partial charge on any atom is -0.376 e. The Morgan fingerprint density at radius 3 is 2.77 bits per heavy atom. The lowest BCUT2D eigenvalue weighted by molar-refractivity contribution is 0.0867. The molecule has 2 N–H and O–H groups in total. The van der Waals surface area contributed by atoms with Gasteiger partial charge in [0.2, 0.25) is 0 Å². The first kappa shape index (κ1) is 8.19. The van der Waals surface area contributed by atoms with Gasteiger partial charge in [-0.25, -0.2) is 0 Å². The molecule has 0 aliphatic carbocycles. The molecule has 0 unspecified atom stereocenters. The predicted octanol–water partition coefficient (Wildman–Crippen LogP) is 0.886. The Hall–Kier alpha value is -1.42. The van der Waals surface area contributed by atoms with E-state index in [0.29, 0.717) is 12.1 Å². The second-order valence-electron chi connectivity index (χ2n) is 2.89. The van der Waals surface area contributed by atoms with Crippen LogP contribution < -0.4 is 5.73 Å². The number of nitrogens with two attached hydrogens (primary N) is 1. The summed E-state index contributed by atoms with van der Waals surface area (Å²) in [4.78, 5) is 13.0. The number of amides is 1. The lowest BCUT2D eigenvalue weighted by Gasteiger charge is -2.11. The highest BCUT2D eigenvalue weighted by Crippen LogP contribution is 2.21. The lowest BCUT2D eigenvalue weighted by atomic mass is 10.1. The number of nitrogens with zero attached hydrogens (tertiary/aromatic N) is 1. The van der Waals surface area contributed by atoms with Crippen LogP contribution in [-0.2, 0) is 6.54 Å². The van der Waals surface area contributed by atoms with E-state index in [2.05, 4.69) is 0 Å². The molecule has 2 rings (SSSR count). The maximum absolute atomic E-state index is 11.6. The highest BCUT2D eigenvalue weighted by Gasteiger charge is 2.28. The third-order valence-corrected chi connectivity index (χ3v) is 2.31. The van der Waals surface area contributed by atoms with Crippen molar-refractivity contribution >= 4 is 23.2 Å². The molecule has 1 aliphatic heterocycles. The maximum atomic E-state index is 11.6. The number of hydrogen-bond acceptors (Lipinski definition) is 2. The van der Waals surface area contributed by atoms with Gasteiger partial charge in [0.25, 0.3) is 5.91 Å². The average Bonchev–Trinajstić information content (AvgIpc) is 2.45. The van der Waals surface area contributed by atoms with Crippen LogP contribution in [0.25, 0.3) is 0 Å². The average molecular weight is 192 g/mol. The second kappa shape index (κ2) is 2.81. The molecule has 13 heavy (non-hydrogen) atoms. The van der Waals surface area contributed by atoms with Crippen molar-refractivity contribution in [1.29, 1.82) is 0 Å². The smallest absolute Gasteiger partial charge is 0.260 e. The summed E-state index contributed by atoms with van der Waals surface area (Å²) in [6, 6.07) is 7.43. The fraction of sp³-hybridized carbons (Fsp3) is 0.111. The van der Waals surface area contributed by atoms with Crippen molar-refractivity contribution < 1.29 is 4.79 Å². The second-order valence-corrected chi connectivity index (χ2v) is 3.30. The zero-order chi connectivity index (χ0) is 9.42. The summed E-state index contributed by atoms with van der Waals surface area (Å²) in [7, 11) is 0. The van der Waals surface area contributed by atoms with Gasteiger partial charge in [0.05, 0.1) is 6.54 Å². The largest absolute Gasteiger partial charge is 0.376 e. The Balaban J connectivity index is 2.44. The van der Waals surface area contributed by atoms with Gasteiger partial charge in [-0.3, -0.25) is 9.69 Å². The van der Waals surface area contributed by atoms with E-state index in [1.54, 1.807) is 6.07 Å². The van der Waals surface area contributed by atoms with E-state index in [0.717, 1.165) is 5.56 Å². The third kappa shape index (κ3) is 1.19. The van der Waals surface area contributed by atoms with Crippen LogP contribution in [0.4, 0.5) is 0 Å². The summed E-state index contributed by atoms with van der Waals surface area (Å²) < 4.78 is 0. The van der Waals surface area contributed by atoms with Crippen molar-refractivity contribution in [2.45, 2.75) is 6.54 Å². The quantitative estimate of drug-likeness (QED) is 0.621. The van der Waals surface area contributed by atoms with Gasteiger partial charge < -0.3 is 5.73 Å². The van der Waals surface area contributed by atoms with Crippen molar-refractivity contribution in [2.24, 2.45) is 5.73 Å². The number of rotatable bonds is 0. The van der Waals surface area contributed by atoms with Crippen LogP contribution in [0.2, 0.25) is 0 Å². The molecule has 0 spiro atoms. The molecule has 3 nitrogen and oxygen atoms in total. The van der Waals surface area contributed by atoms with E-state index in [1.165, 1.54) is 4.90 Å². The third-order valence-electron chi connectivity index (χ3n) is 2.09. The maximum Gasteiger partial charge on any atom is 0.260 e. The standard InChI is InChI=1S/C9H8N2OS/c10-9(13)11-5-6-3-1-2-4-7(6)8(11)12/h1-4H,5H2,(H2,10,13). The van der Waals surface area contributed by atoms with Crippen LogP contribution in [0.1, 0.15) is 15.9 Å². The van der Waals surface area contributed by atoms with Gasteiger partial charge in [-0.05, 0) is 23.8 Å². The number of benzene rings is 1. The minimum atomic E-state index is -0.0944. The number of thiocarbonyl (C=S) groups is 1. The van der Waals surface area contributed by atoms with Gasteiger partial charge in [-0.2, -0.15) is 0 Å². The van der Waals surface area contributed by atoms with E-state index >= 15 is 0 Å². The van der Waals surface area contributed by atoms with Gasteiger partial charge in [-0.15, -0.1) is 0 Å². The fourth-order valence-electron chi connectivity index (χ4n) is 1.43. The SMILES string of the molecule is NC(=S)N1Cc2ccccc2C1=O. The summed E-state index contributed by atoms with van der Waals surface area (Å²) >= 11 is 4.76. The molecule has 0 radical (unpaired) electrons. The molecule has 0 aromatic heterocycles. The Morgan fingerprint density at radius 2 is 2.15 bits per heavy atom. The Labute approximate surface area is 81.1 Å². The van der Waals surface area contributed by atoms with Crippen LogP contribution >= 0.6 is 12.2 Å². The zero-order valence-corrected chi connectivity index (χ0v) is 7.67. The van der Waals surface area contributed by atoms with Crippen molar-refractivity contribution in [3.8, 4) is 0 Å². The Morgan fingerprint density at radius 1 is 1.46 bits per heavy atom. The molecule has 1 aliphatic rings. The summed E-state index contributed by atoms with van der Waals surface area (Å²) in [6.07, 6.45) is 0. The highest BCUT2D eigenvalue weighted by molar-refractivity contribution is 7.80. The molecule has 0 saturated heterocycles. The van der Waals surface area contributed by atoms with Crippen LogP contribution in [0.3, 0.4) is 0 Å². The molecule has 0 saturated carbocycles. The molecule has 0 atom stereocenters. The van der Waals surface area contributed by atoms with E-state index < -0.39 is 0 Å². The Kier molecular flexibility index (Phi) is 1.77. The first-order chi connectivity index (χ1) is 6.20. The number of fused-ring (bicyclic) bond motifs is 1. The van der Waals surface area contributed by atoms with E-state index in [9.17, 15) is 4.79 Å². The molecule has 66 valence electrons. The molecule has 4 heteroatoms. The van der Waals surface area contributed by atoms with Gasteiger partial charge in [-0.1, -0.05) is 18.2 Å². The van der Waals surface area contributed by atoms with Gasteiger partial charge in [0.1, 0.15) is 0 Å². The van der Waals surface area contributed by atoms with Crippen LogP contribution in [-0.4, -0.2) is 15.9 Å². The van der Waals surface area contributed by atoms with Crippen molar-refractivity contribution in [1.82, 2.24) is 4.90 Å². The summed E-state index contributed by atoms with van der Waals surface area (Å²) in [5.41, 5.74) is 7.09. The molecule has 1 amide bonds. The first-order valence-corrected chi connectivity index (χ1v) is 4.30. The van der Waals surface area contributed by atoms with E-state index in [-0.39, 0.29) is 11.0 Å². The van der Waals surface area contributed by atoms with Crippen molar-refractivity contribution in [2.75, 3.05) is 0 Å². The summed E-state index contributed by atoms with van der Waals surface area (Å²) in [5.74, 6) is -0.0944. The Bertz CT molecular complexity index is 389. The van der Waals surface area contributed by atoms with Crippen LogP contribution in [0, 0.1) is 0 Å². The van der Waals surface area contributed by atoms with E-state index in [1.807, 2.05) is 18.2 Å². The molecule has 1 aromatic carbocycles. The molecular formula is C9H8N2OS. The predicted molar refractivity (Wildman–Crippen MR) is 53.1 cm³/mol. The fourth-order valence-corrected chi connectivity index (χ4v) is 1.58. The van der Waals surface area contributed by atoms with Gasteiger partial charge in [0.15, 0.2) is 5.11 Å².